The van der Waals surface area contributed by atoms with Crippen LogP contribution < -0.4 is 5.46 Å². The molecule has 2 aromatic rings. The molecule has 6 heteroatoms. The molecule has 0 spiro atoms. The Bertz CT molecular complexity index is 751. The Kier molecular flexibility index (Phi) is 4.26. The summed E-state index contributed by atoms with van der Waals surface area (Å²) in [4.78, 5) is 8.78. The number of benzene rings is 1. The molecule has 3 rings (SSSR count). The van der Waals surface area contributed by atoms with E-state index >= 15 is 0 Å². The molecule has 1 aromatic heterocycles. The maximum atomic E-state index is 10.0. The average Bonchev–Trinajstić information content (AvgIpc) is 2.75. The van der Waals surface area contributed by atoms with E-state index in [2.05, 4.69) is 9.97 Å². The summed E-state index contributed by atoms with van der Waals surface area (Å²) in [6, 6.07) is 7.87. The van der Waals surface area contributed by atoms with Crippen LogP contribution in [0, 0.1) is 0 Å². The third kappa shape index (κ3) is 3.47. The van der Waals surface area contributed by atoms with Crippen molar-refractivity contribution in [3.05, 3.63) is 42.2 Å². The van der Waals surface area contributed by atoms with Crippen molar-refractivity contribution in [1.82, 2.24) is 9.97 Å². The van der Waals surface area contributed by atoms with Crippen LogP contribution in [0.3, 0.4) is 0 Å². The molecule has 0 bridgehead atoms. The Morgan fingerprint density at radius 1 is 1.00 bits per heavy atom. The van der Waals surface area contributed by atoms with Crippen molar-refractivity contribution in [3.63, 3.8) is 0 Å². The Morgan fingerprint density at radius 2 is 1.56 bits per heavy atom. The van der Waals surface area contributed by atoms with Gasteiger partial charge in [-0.05, 0) is 47.0 Å². The second-order valence-corrected chi connectivity index (χ2v) is 8.07. The molecule has 0 atom stereocenters. The normalized spacial score (nSPS) is 19.2. The molecule has 1 saturated heterocycles. The lowest BCUT2D eigenvalue weighted by atomic mass is 9.78. The molecule has 25 heavy (non-hydrogen) atoms. The van der Waals surface area contributed by atoms with E-state index in [4.69, 9.17) is 9.31 Å². The van der Waals surface area contributed by atoms with Crippen LogP contribution in [0.25, 0.3) is 11.4 Å². The fourth-order valence-corrected chi connectivity index (χ4v) is 2.60. The van der Waals surface area contributed by atoms with Crippen molar-refractivity contribution in [2.75, 3.05) is 0 Å². The topological polar surface area (TPSA) is 64.5 Å². The largest absolute Gasteiger partial charge is 0.494 e. The summed E-state index contributed by atoms with van der Waals surface area (Å²) < 4.78 is 12.2. The second-order valence-electron chi connectivity index (χ2n) is 8.07. The summed E-state index contributed by atoms with van der Waals surface area (Å²) in [7, 11) is -0.416. The van der Waals surface area contributed by atoms with Crippen LogP contribution in [-0.2, 0) is 14.9 Å². The molecular formula is C19H25BN2O3. The monoisotopic (exact) mass is 340 g/mol. The summed E-state index contributed by atoms with van der Waals surface area (Å²) in [6.45, 7) is 11.6. The quantitative estimate of drug-likeness (QED) is 0.871. The first kappa shape index (κ1) is 18.0. The fourth-order valence-electron chi connectivity index (χ4n) is 2.60. The predicted molar refractivity (Wildman–Crippen MR) is 98.4 cm³/mol. The SMILES string of the molecule is CC(C)(O)c1cnc(-c2cccc(B3OC(C)(C)C(C)(C)O3)c2)nc1. The molecule has 0 amide bonds. The first-order chi connectivity index (χ1) is 11.5. The minimum Gasteiger partial charge on any atom is -0.399 e. The van der Waals surface area contributed by atoms with Gasteiger partial charge in [-0.15, -0.1) is 0 Å². The van der Waals surface area contributed by atoms with Gasteiger partial charge in [0.05, 0.1) is 16.8 Å². The minimum absolute atomic E-state index is 0.376. The summed E-state index contributed by atoms with van der Waals surface area (Å²) in [5.74, 6) is 0.603. The Labute approximate surface area is 149 Å². The molecule has 132 valence electrons. The van der Waals surface area contributed by atoms with Gasteiger partial charge in [-0.2, -0.15) is 0 Å². The summed E-state index contributed by atoms with van der Waals surface area (Å²) >= 11 is 0. The van der Waals surface area contributed by atoms with Gasteiger partial charge in [0.25, 0.3) is 0 Å². The zero-order chi connectivity index (χ0) is 18.5. The first-order valence-corrected chi connectivity index (χ1v) is 8.50. The number of aliphatic hydroxyl groups is 1. The zero-order valence-corrected chi connectivity index (χ0v) is 15.7. The molecule has 1 fully saturated rings. The van der Waals surface area contributed by atoms with E-state index in [0.717, 1.165) is 11.0 Å². The van der Waals surface area contributed by atoms with E-state index in [9.17, 15) is 5.11 Å². The highest BCUT2D eigenvalue weighted by Crippen LogP contribution is 2.36. The highest BCUT2D eigenvalue weighted by Gasteiger charge is 2.51. The van der Waals surface area contributed by atoms with Crippen molar-refractivity contribution in [2.45, 2.75) is 58.3 Å². The van der Waals surface area contributed by atoms with Gasteiger partial charge in [0, 0.05) is 23.5 Å². The molecule has 0 radical (unpaired) electrons. The van der Waals surface area contributed by atoms with Crippen molar-refractivity contribution >= 4 is 12.6 Å². The van der Waals surface area contributed by atoms with Gasteiger partial charge >= 0.3 is 7.12 Å². The summed E-state index contributed by atoms with van der Waals surface area (Å²) in [6.07, 6.45) is 3.31. The Balaban J connectivity index is 1.88. The molecule has 1 aliphatic heterocycles. The van der Waals surface area contributed by atoms with E-state index < -0.39 is 12.7 Å². The highest BCUT2D eigenvalue weighted by atomic mass is 16.7. The van der Waals surface area contributed by atoms with Crippen LogP contribution in [0.4, 0.5) is 0 Å². The number of aromatic nitrogens is 2. The van der Waals surface area contributed by atoms with E-state index in [1.807, 2.05) is 52.0 Å². The van der Waals surface area contributed by atoms with Gasteiger partial charge in [0.15, 0.2) is 5.82 Å². The van der Waals surface area contributed by atoms with Crippen molar-refractivity contribution in [2.24, 2.45) is 0 Å². The van der Waals surface area contributed by atoms with Gasteiger partial charge < -0.3 is 14.4 Å². The molecule has 5 nitrogen and oxygen atoms in total. The number of rotatable bonds is 3. The van der Waals surface area contributed by atoms with Crippen LogP contribution in [0.2, 0.25) is 0 Å². The standard InChI is InChI=1S/C19H25BN2O3/c1-17(2,23)14-11-21-16(22-12-14)13-8-7-9-15(10-13)20-24-18(3,4)19(5,6)25-20/h7-12,23H,1-6H3. The fraction of sp³-hybridized carbons (Fsp3) is 0.474. The predicted octanol–water partition coefficient (Wildman–Crippen LogP) is 2.67. The molecule has 0 aliphatic carbocycles. The minimum atomic E-state index is -0.955. The molecule has 2 heterocycles. The summed E-state index contributed by atoms with van der Waals surface area (Å²) in [5, 5.41) is 10.0. The van der Waals surface area contributed by atoms with Crippen LogP contribution in [0.1, 0.15) is 47.1 Å². The summed E-state index contributed by atoms with van der Waals surface area (Å²) in [5.41, 5.74) is 0.791. The second kappa shape index (κ2) is 5.90. The van der Waals surface area contributed by atoms with Gasteiger partial charge in [-0.25, -0.2) is 9.97 Å². The molecular weight excluding hydrogens is 315 g/mol. The third-order valence-corrected chi connectivity index (χ3v) is 5.03. The molecule has 0 unspecified atom stereocenters. The number of nitrogens with zero attached hydrogens (tertiary/aromatic N) is 2. The Hall–Kier alpha value is -1.76. The number of hydrogen-bond donors (Lipinski definition) is 1. The lowest BCUT2D eigenvalue weighted by Gasteiger charge is -2.32. The third-order valence-electron chi connectivity index (χ3n) is 5.03. The van der Waals surface area contributed by atoms with Gasteiger partial charge in [-0.1, -0.05) is 24.3 Å². The first-order valence-electron chi connectivity index (χ1n) is 8.50. The van der Waals surface area contributed by atoms with E-state index in [0.29, 0.717) is 11.4 Å². The van der Waals surface area contributed by atoms with Crippen molar-refractivity contribution in [3.8, 4) is 11.4 Å². The van der Waals surface area contributed by atoms with E-state index in [1.165, 1.54) is 0 Å². The van der Waals surface area contributed by atoms with Crippen molar-refractivity contribution in [1.29, 1.82) is 0 Å². The molecule has 0 saturated carbocycles. The zero-order valence-electron chi connectivity index (χ0n) is 15.7. The number of hydrogen-bond acceptors (Lipinski definition) is 5. The van der Waals surface area contributed by atoms with Crippen LogP contribution in [-0.4, -0.2) is 33.4 Å². The van der Waals surface area contributed by atoms with Crippen LogP contribution in [0.15, 0.2) is 36.7 Å². The van der Waals surface area contributed by atoms with E-state index in [-0.39, 0.29) is 11.2 Å². The lowest BCUT2D eigenvalue weighted by molar-refractivity contribution is 0.00578. The van der Waals surface area contributed by atoms with Crippen LogP contribution >= 0.6 is 0 Å². The van der Waals surface area contributed by atoms with Gasteiger partial charge in [0.1, 0.15) is 0 Å². The lowest BCUT2D eigenvalue weighted by Crippen LogP contribution is -2.41. The van der Waals surface area contributed by atoms with Gasteiger partial charge in [-0.3, -0.25) is 0 Å². The van der Waals surface area contributed by atoms with Crippen LogP contribution in [0.5, 0.6) is 0 Å². The molecule has 1 aromatic carbocycles. The van der Waals surface area contributed by atoms with Gasteiger partial charge in [0.2, 0.25) is 0 Å². The smallest absolute Gasteiger partial charge is 0.399 e. The van der Waals surface area contributed by atoms with E-state index in [1.54, 1.807) is 26.2 Å². The molecule has 1 aliphatic rings. The maximum Gasteiger partial charge on any atom is 0.494 e. The average molecular weight is 340 g/mol. The maximum absolute atomic E-state index is 10.0. The molecule has 1 N–H and O–H groups in total. The highest BCUT2D eigenvalue weighted by molar-refractivity contribution is 6.62. The van der Waals surface area contributed by atoms with Crippen molar-refractivity contribution < 1.29 is 14.4 Å². The Morgan fingerprint density at radius 3 is 2.08 bits per heavy atom.